The molecule has 1 aromatic rings. The van der Waals surface area contributed by atoms with Crippen LogP contribution in [0.5, 0.6) is 11.5 Å². The van der Waals surface area contributed by atoms with Crippen molar-refractivity contribution in [1.82, 2.24) is 5.32 Å². The highest BCUT2D eigenvalue weighted by Gasteiger charge is 2.04. The molecule has 15 heavy (non-hydrogen) atoms. The third kappa shape index (κ3) is 3.44. The Morgan fingerprint density at radius 1 is 1.27 bits per heavy atom. The van der Waals surface area contributed by atoms with Crippen LogP contribution < -0.4 is 14.8 Å². The number of benzene rings is 1. The zero-order chi connectivity index (χ0) is 11.1. The van der Waals surface area contributed by atoms with Gasteiger partial charge in [-0.3, -0.25) is 0 Å². The van der Waals surface area contributed by atoms with Crippen molar-refractivity contribution in [2.24, 2.45) is 0 Å². The van der Waals surface area contributed by atoms with Crippen LogP contribution in [0.15, 0.2) is 18.2 Å². The largest absolute Gasteiger partial charge is 0.493 e. The molecular formula is C12H19NO2. The Hall–Kier alpha value is -1.22. The molecule has 0 aliphatic rings. The first-order chi connectivity index (χ1) is 7.31. The standard InChI is InChI=1S/C12H19NO2/c1-4-7-15-11-6-5-10(9-13-2)8-12(11)14-3/h5-6,8,13H,4,7,9H2,1-3H3. The number of methoxy groups -OCH3 is 1. The molecule has 3 nitrogen and oxygen atoms in total. The monoisotopic (exact) mass is 209 g/mol. The van der Waals surface area contributed by atoms with E-state index in [9.17, 15) is 0 Å². The maximum atomic E-state index is 5.56. The van der Waals surface area contributed by atoms with Crippen LogP contribution in [0.4, 0.5) is 0 Å². The molecule has 0 aliphatic heterocycles. The highest BCUT2D eigenvalue weighted by Crippen LogP contribution is 2.28. The SMILES string of the molecule is CCCOc1ccc(CNC)cc1OC. The molecule has 0 bridgehead atoms. The van der Waals surface area contributed by atoms with Crippen LogP contribution >= 0.6 is 0 Å². The van der Waals surface area contributed by atoms with Crippen molar-refractivity contribution >= 4 is 0 Å². The van der Waals surface area contributed by atoms with E-state index in [0.717, 1.165) is 31.1 Å². The van der Waals surface area contributed by atoms with Gasteiger partial charge in [0.2, 0.25) is 0 Å². The van der Waals surface area contributed by atoms with Crippen LogP contribution in [-0.4, -0.2) is 20.8 Å². The van der Waals surface area contributed by atoms with Gasteiger partial charge in [-0.15, -0.1) is 0 Å². The molecular weight excluding hydrogens is 190 g/mol. The van der Waals surface area contributed by atoms with Crippen molar-refractivity contribution in [3.05, 3.63) is 23.8 Å². The number of hydrogen-bond donors (Lipinski definition) is 1. The minimum atomic E-state index is 0.724. The molecule has 0 saturated heterocycles. The lowest BCUT2D eigenvalue weighted by Crippen LogP contribution is -2.05. The molecule has 0 heterocycles. The molecule has 0 radical (unpaired) electrons. The third-order valence-corrected chi connectivity index (χ3v) is 2.07. The van der Waals surface area contributed by atoms with Gasteiger partial charge in [-0.25, -0.2) is 0 Å². The van der Waals surface area contributed by atoms with Gasteiger partial charge in [0.1, 0.15) is 0 Å². The fourth-order valence-electron chi connectivity index (χ4n) is 1.36. The highest BCUT2D eigenvalue weighted by molar-refractivity contribution is 5.42. The van der Waals surface area contributed by atoms with Crippen molar-refractivity contribution in [3.63, 3.8) is 0 Å². The number of rotatable bonds is 6. The van der Waals surface area contributed by atoms with Gasteiger partial charge in [-0.1, -0.05) is 13.0 Å². The second kappa shape index (κ2) is 6.30. The molecule has 0 unspecified atom stereocenters. The minimum absolute atomic E-state index is 0.724. The minimum Gasteiger partial charge on any atom is -0.493 e. The second-order valence-corrected chi connectivity index (χ2v) is 3.36. The Morgan fingerprint density at radius 3 is 2.67 bits per heavy atom. The molecule has 1 aromatic carbocycles. The van der Waals surface area contributed by atoms with E-state index in [-0.39, 0.29) is 0 Å². The van der Waals surface area contributed by atoms with Crippen LogP contribution in [0.25, 0.3) is 0 Å². The van der Waals surface area contributed by atoms with E-state index < -0.39 is 0 Å². The van der Waals surface area contributed by atoms with Crippen LogP contribution in [0.3, 0.4) is 0 Å². The fraction of sp³-hybridized carbons (Fsp3) is 0.500. The van der Waals surface area contributed by atoms with E-state index in [4.69, 9.17) is 9.47 Å². The molecule has 3 heteroatoms. The predicted octanol–water partition coefficient (Wildman–Crippen LogP) is 2.20. The Balaban J connectivity index is 2.78. The zero-order valence-corrected chi connectivity index (χ0v) is 9.67. The summed E-state index contributed by atoms with van der Waals surface area (Å²) in [5, 5.41) is 3.10. The average molecular weight is 209 g/mol. The van der Waals surface area contributed by atoms with E-state index in [0.29, 0.717) is 0 Å². The summed E-state index contributed by atoms with van der Waals surface area (Å²) in [7, 11) is 3.59. The Morgan fingerprint density at radius 2 is 2.07 bits per heavy atom. The summed E-state index contributed by atoms with van der Waals surface area (Å²) < 4.78 is 10.8. The predicted molar refractivity (Wildman–Crippen MR) is 61.5 cm³/mol. The molecule has 0 spiro atoms. The van der Waals surface area contributed by atoms with E-state index in [2.05, 4.69) is 12.2 Å². The average Bonchev–Trinajstić information content (AvgIpc) is 2.27. The normalized spacial score (nSPS) is 10.1. The first kappa shape index (κ1) is 11.9. The lowest BCUT2D eigenvalue weighted by molar-refractivity contribution is 0.294. The molecule has 1 N–H and O–H groups in total. The maximum absolute atomic E-state index is 5.56. The summed E-state index contributed by atoms with van der Waals surface area (Å²) in [5.74, 6) is 1.62. The summed E-state index contributed by atoms with van der Waals surface area (Å²) in [5.41, 5.74) is 1.19. The van der Waals surface area contributed by atoms with Crippen molar-refractivity contribution in [3.8, 4) is 11.5 Å². The Labute approximate surface area is 91.4 Å². The van der Waals surface area contributed by atoms with E-state index in [1.165, 1.54) is 5.56 Å². The van der Waals surface area contributed by atoms with Gasteiger partial charge in [0, 0.05) is 6.54 Å². The van der Waals surface area contributed by atoms with Crippen LogP contribution in [0.2, 0.25) is 0 Å². The summed E-state index contributed by atoms with van der Waals surface area (Å²) in [4.78, 5) is 0. The molecule has 1 rings (SSSR count). The first-order valence-corrected chi connectivity index (χ1v) is 5.26. The quantitative estimate of drug-likeness (QED) is 0.779. The summed E-state index contributed by atoms with van der Waals surface area (Å²) in [6.07, 6.45) is 1.00. The lowest BCUT2D eigenvalue weighted by atomic mass is 10.2. The Bertz CT molecular complexity index is 300. The molecule has 0 atom stereocenters. The molecule has 0 saturated carbocycles. The fourth-order valence-corrected chi connectivity index (χ4v) is 1.36. The van der Waals surface area contributed by atoms with Crippen molar-refractivity contribution in [2.45, 2.75) is 19.9 Å². The van der Waals surface area contributed by atoms with Gasteiger partial charge in [-0.05, 0) is 31.2 Å². The van der Waals surface area contributed by atoms with E-state index in [1.807, 2.05) is 25.2 Å². The van der Waals surface area contributed by atoms with Gasteiger partial charge < -0.3 is 14.8 Å². The van der Waals surface area contributed by atoms with E-state index in [1.54, 1.807) is 7.11 Å². The lowest BCUT2D eigenvalue weighted by Gasteiger charge is -2.11. The summed E-state index contributed by atoms with van der Waals surface area (Å²) >= 11 is 0. The Kier molecular flexibility index (Phi) is 4.98. The molecule has 84 valence electrons. The van der Waals surface area contributed by atoms with Crippen molar-refractivity contribution in [1.29, 1.82) is 0 Å². The third-order valence-electron chi connectivity index (χ3n) is 2.07. The van der Waals surface area contributed by atoms with Crippen LogP contribution in [0.1, 0.15) is 18.9 Å². The van der Waals surface area contributed by atoms with Crippen molar-refractivity contribution in [2.75, 3.05) is 20.8 Å². The molecule has 0 amide bonds. The van der Waals surface area contributed by atoms with Gasteiger partial charge in [0.15, 0.2) is 11.5 Å². The topological polar surface area (TPSA) is 30.5 Å². The van der Waals surface area contributed by atoms with Crippen LogP contribution in [-0.2, 0) is 6.54 Å². The number of nitrogens with one attached hydrogen (secondary N) is 1. The van der Waals surface area contributed by atoms with Gasteiger partial charge in [-0.2, -0.15) is 0 Å². The maximum Gasteiger partial charge on any atom is 0.161 e. The zero-order valence-electron chi connectivity index (χ0n) is 9.67. The summed E-state index contributed by atoms with van der Waals surface area (Å²) in [6, 6.07) is 6.01. The molecule has 0 aromatic heterocycles. The van der Waals surface area contributed by atoms with E-state index >= 15 is 0 Å². The number of hydrogen-bond acceptors (Lipinski definition) is 3. The van der Waals surface area contributed by atoms with Gasteiger partial charge >= 0.3 is 0 Å². The van der Waals surface area contributed by atoms with Gasteiger partial charge in [0.25, 0.3) is 0 Å². The summed E-state index contributed by atoms with van der Waals surface area (Å²) in [6.45, 7) is 3.65. The van der Waals surface area contributed by atoms with Gasteiger partial charge in [0.05, 0.1) is 13.7 Å². The second-order valence-electron chi connectivity index (χ2n) is 3.36. The smallest absolute Gasteiger partial charge is 0.161 e. The highest BCUT2D eigenvalue weighted by atomic mass is 16.5. The number of ether oxygens (including phenoxy) is 2. The molecule has 0 fully saturated rings. The molecule has 0 aliphatic carbocycles. The first-order valence-electron chi connectivity index (χ1n) is 5.26. The van der Waals surface area contributed by atoms with Crippen molar-refractivity contribution < 1.29 is 9.47 Å². The van der Waals surface area contributed by atoms with Crippen LogP contribution in [0, 0.1) is 0 Å².